The number of anilines is 1. The summed E-state index contributed by atoms with van der Waals surface area (Å²) in [6.07, 6.45) is 1.71. The Labute approximate surface area is 167 Å². The summed E-state index contributed by atoms with van der Waals surface area (Å²) in [7, 11) is 0. The van der Waals surface area contributed by atoms with Gasteiger partial charge in [-0.15, -0.1) is 0 Å². The van der Waals surface area contributed by atoms with Crippen molar-refractivity contribution in [3.05, 3.63) is 99.0 Å². The second kappa shape index (κ2) is 7.39. The van der Waals surface area contributed by atoms with Crippen LogP contribution in [0.3, 0.4) is 0 Å². The SMILES string of the molecule is Cc1ccn(C(C)c2ccccc2)c(=O)c1C(=O)Nc1ccc2c(c1)COC2=O. The maximum atomic E-state index is 13.1. The predicted molar refractivity (Wildman–Crippen MR) is 109 cm³/mol. The number of ether oxygens (including phenoxy) is 1. The van der Waals surface area contributed by atoms with Gasteiger partial charge in [-0.05, 0) is 49.2 Å². The van der Waals surface area contributed by atoms with Crippen molar-refractivity contribution in [3.8, 4) is 0 Å². The molecule has 1 aliphatic heterocycles. The van der Waals surface area contributed by atoms with Gasteiger partial charge >= 0.3 is 5.97 Å². The van der Waals surface area contributed by atoms with Gasteiger partial charge in [-0.25, -0.2) is 4.79 Å². The summed E-state index contributed by atoms with van der Waals surface area (Å²) in [5.74, 6) is -0.845. The third-order valence-corrected chi connectivity index (χ3v) is 5.20. The van der Waals surface area contributed by atoms with E-state index in [2.05, 4.69) is 5.32 Å². The first-order valence-electron chi connectivity index (χ1n) is 9.34. The van der Waals surface area contributed by atoms with Crippen LogP contribution in [0.1, 0.15) is 50.4 Å². The van der Waals surface area contributed by atoms with Crippen molar-refractivity contribution in [1.29, 1.82) is 0 Å². The van der Waals surface area contributed by atoms with Crippen molar-refractivity contribution >= 4 is 17.6 Å². The van der Waals surface area contributed by atoms with Gasteiger partial charge in [-0.1, -0.05) is 30.3 Å². The first-order valence-corrected chi connectivity index (χ1v) is 9.34. The predicted octanol–water partition coefficient (Wildman–Crippen LogP) is 3.69. The van der Waals surface area contributed by atoms with Crippen LogP contribution >= 0.6 is 0 Å². The molecule has 0 aliphatic carbocycles. The van der Waals surface area contributed by atoms with Gasteiger partial charge in [0.25, 0.3) is 11.5 Å². The standard InChI is InChI=1S/C23H20N2O4/c1-14-10-11-25(15(2)16-6-4-3-5-7-16)22(27)20(14)21(26)24-18-8-9-19-17(12-18)13-29-23(19)28/h3-12,15H,13H2,1-2H3,(H,24,26). The fraction of sp³-hybridized carbons (Fsp3) is 0.174. The summed E-state index contributed by atoms with van der Waals surface area (Å²) in [6.45, 7) is 3.85. The summed E-state index contributed by atoms with van der Waals surface area (Å²) in [5, 5.41) is 2.77. The molecule has 1 N–H and O–H groups in total. The molecular formula is C23H20N2O4. The van der Waals surface area contributed by atoms with Crippen LogP contribution in [0.15, 0.2) is 65.6 Å². The number of cyclic esters (lactones) is 1. The normalized spacial score (nSPS) is 13.5. The number of amides is 1. The van der Waals surface area contributed by atoms with Crippen LogP contribution in [0, 0.1) is 6.92 Å². The van der Waals surface area contributed by atoms with Gasteiger partial charge in [-0.3, -0.25) is 9.59 Å². The average molecular weight is 388 g/mol. The van der Waals surface area contributed by atoms with E-state index >= 15 is 0 Å². The number of nitrogens with zero attached hydrogens (tertiary/aromatic N) is 1. The second-order valence-electron chi connectivity index (χ2n) is 7.08. The van der Waals surface area contributed by atoms with Crippen molar-refractivity contribution in [2.45, 2.75) is 26.5 Å². The third-order valence-electron chi connectivity index (χ3n) is 5.20. The molecule has 2 heterocycles. The van der Waals surface area contributed by atoms with E-state index in [1.807, 2.05) is 37.3 Å². The number of aromatic nitrogens is 1. The van der Waals surface area contributed by atoms with Crippen LogP contribution in [0.5, 0.6) is 0 Å². The molecule has 0 fully saturated rings. The van der Waals surface area contributed by atoms with Gasteiger partial charge in [0.15, 0.2) is 0 Å². The number of aryl methyl sites for hydroxylation is 1. The van der Waals surface area contributed by atoms with E-state index in [4.69, 9.17) is 4.74 Å². The molecule has 1 atom stereocenters. The highest BCUT2D eigenvalue weighted by atomic mass is 16.5. The number of nitrogens with one attached hydrogen (secondary N) is 1. The molecule has 2 aromatic carbocycles. The van der Waals surface area contributed by atoms with Crippen LogP contribution in [0.4, 0.5) is 5.69 Å². The van der Waals surface area contributed by atoms with E-state index < -0.39 is 5.91 Å². The van der Waals surface area contributed by atoms with Crippen molar-refractivity contribution in [2.24, 2.45) is 0 Å². The highest BCUT2D eigenvalue weighted by Crippen LogP contribution is 2.24. The number of pyridine rings is 1. The molecule has 146 valence electrons. The minimum atomic E-state index is -0.479. The minimum Gasteiger partial charge on any atom is -0.457 e. The minimum absolute atomic E-state index is 0.100. The maximum Gasteiger partial charge on any atom is 0.338 e. The fourth-order valence-electron chi connectivity index (χ4n) is 3.52. The lowest BCUT2D eigenvalue weighted by atomic mass is 10.1. The zero-order valence-electron chi connectivity index (χ0n) is 16.1. The molecule has 0 bridgehead atoms. The van der Waals surface area contributed by atoms with Gasteiger partial charge in [0.1, 0.15) is 12.2 Å². The molecule has 1 unspecified atom stereocenters. The molecule has 0 saturated heterocycles. The molecule has 1 aromatic heterocycles. The van der Waals surface area contributed by atoms with Gasteiger partial charge in [0, 0.05) is 17.4 Å². The van der Waals surface area contributed by atoms with Crippen LogP contribution in [-0.2, 0) is 11.3 Å². The highest BCUT2D eigenvalue weighted by molar-refractivity contribution is 6.05. The Morgan fingerprint density at radius 3 is 2.62 bits per heavy atom. The van der Waals surface area contributed by atoms with E-state index in [1.165, 1.54) is 0 Å². The summed E-state index contributed by atoms with van der Waals surface area (Å²) in [6, 6.07) is 16.2. The van der Waals surface area contributed by atoms with Crippen LogP contribution in [-0.4, -0.2) is 16.4 Å². The Balaban J connectivity index is 1.65. The Hall–Kier alpha value is -3.67. The quantitative estimate of drug-likeness (QED) is 0.692. The Kier molecular flexibility index (Phi) is 4.76. The number of hydrogen-bond donors (Lipinski definition) is 1. The summed E-state index contributed by atoms with van der Waals surface area (Å²) in [5.41, 5.74) is 3.06. The number of benzene rings is 2. The lowest BCUT2D eigenvalue weighted by molar-refractivity contribution is 0.0535. The highest BCUT2D eigenvalue weighted by Gasteiger charge is 2.23. The van der Waals surface area contributed by atoms with E-state index in [-0.39, 0.29) is 29.7 Å². The van der Waals surface area contributed by atoms with Crippen molar-refractivity contribution in [2.75, 3.05) is 5.32 Å². The Morgan fingerprint density at radius 2 is 1.86 bits per heavy atom. The van der Waals surface area contributed by atoms with E-state index in [9.17, 15) is 14.4 Å². The van der Waals surface area contributed by atoms with Crippen LogP contribution < -0.4 is 10.9 Å². The molecule has 1 amide bonds. The Bertz CT molecular complexity index is 1170. The smallest absolute Gasteiger partial charge is 0.338 e. The van der Waals surface area contributed by atoms with Gasteiger partial charge in [-0.2, -0.15) is 0 Å². The monoisotopic (exact) mass is 388 g/mol. The molecule has 6 heteroatoms. The van der Waals surface area contributed by atoms with Gasteiger partial charge in [0.05, 0.1) is 11.6 Å². The molecule has 6 nitrogen and oxygen atoms in total. The summed E-state index contributed by atoms with van der Waals surface area (Å²) < 4.78 is 6.55. The number of carbonyl (C=O) groups is 2. The van der Waals surface area contributed by atoms with Crippen LogP contribution in [0.2, 0.25) is 0 Å². The molecule has 0 radical (unpaired) electrons. The zero-order valence-corrected chi connectivity index (χ0v) is 16.1. The molecule has 29 heavy (non-hydrogen) atoms. The first-order chi connectivity index (χ1) is 14.0. The van der Waals surface area contributed by atoms with E-state index in [0.717, 1.165) is 5.56 Å². The van der Waals surface area contributed by atoms with E-state index in [1.54, 1.807) is 42.0 Å². The fourth-order valence-corrected chi connectivity index (χ4v) is 3.52. The average Bonchev–Trinajstić information content (AvgIpc) is 3.08. The van der Waals surface area contributed by atoms with E-state index in [0.29, 0.717) is 22.4 Å². The number of esters is 1. The van der Waals surface area contributed by atoms with Crippen molar-refractivity contribution in [1.82, 2.24) is 4.57 Å². The molecular weight excluding hydrogens is 368 g/mol. The van der Waals surface area contributed by atoms with Crippen LogP contribution in [0.25, 0.3) is 0 Å². The number of carbonyl (C=O) groups excluding carboxylic acids is 2. The topological polar surface area (TPSA) is 77.4 Å². The lowest BCUT2D eigenvalue weighted by Crippen LogP contribution is -2.32. The molecule has 3 aromatic rings. The molecule has 0 spiro atoms. The summed E-state index contributed by atoms with van der Waals surface area (Å²) >= 11 is 0. The second-order valence-corrected chi connectivity index (χ2v) is 7.08. The number of rotatable bonds is 4. The first kappa shape index (κ1) is 18.7. The largest absolute Gasteiger partial charge is 0.457 e. The maximum absolute atomic E-state index is 13.1. The third kappa shape index (κ3) is 3.45. The molecule has 0 saturated carbocycles. The lowest BCUT2D eigenvalue weighted by Gasteiger charge is -2.18. The van der Waals surface area contributed by atoms with Crippen molar-refractivity contribution < 1.29 is 14.3 Å². The number of fused-ring (bicyclic) bond motifs is 1. The van der Waals surface area contributed by atoms with Crippen molar-refractivity contribution in [3.63, 3.8) is 0 Å². The van der Waals surface area contributed by atoms with Gasteiger partial charge < -0.3 is 14.6 Å². The molecule has 1 aliphatic rings. The number of hydrogen-bond acceptors (Lipinski definition) is 4. The Morgan fingerprint density at radius 1 is 1.10 bits per heavy atom. The summed E-state index contributed by atoms with van der Waals surface area (Å²) in [4.78, 5) is 37.6. The molecule has 4 rings (SSSR count). The van der Waals surface area contributed by atoms with Gasteiger partial charge in [0.2, 0.25) is 0 Å². The zero-order chi connectivity index (χ0) is 20.5.